The molecular formula is C19H22N3O2. The fourth-order valence-corrected chi connectivity index (χ4v) is 4.10. The molecular weight excluding hydrogens is 302 g/mol. The van der Waals surface area contributed by atoms with Gasteiger partial charge < -0.3 is 14.6 Å². The number of carbonyl (C=O) groups excluding carboxylic acids is 1. The maximum absolute atomic E-state index is 13.1. The number of hydrogen-bond acceptors (Lipinski definition) is 4. The monoisotopic (exact) mass is 324 g/mol. The molecule has 1 amide bonds. The lowest BCUT2D eigenvalue weighted by atomic mass is 9.89. The van der Waals surface area contributed by atoms with Crippen molar-refractivity contribution in [1.82, 2.24) is 15.2 Å². The molecule has 4 unspecified atom stereocenters. The fourth-order valence-electron chi connectivity index (χ4n) is 4.10. The summed E-state index contributed by atoms with van der Waals surface area (Å²) in [7, 11) is 0. The van der Waals surface area contributed by atoms with E-state index in [4.69, 9.17) is 4.42 Å². The molecule has 1 saturated heterocycles. The van der Waals surface area contributed by atoms with Crippen LogP contribution in [0.5, 0.6) is 0 Å². The Balaban J connectivity index is 1.63. The van der Waals surface area contributed by atoms with E-state index in [9.17, 15) is 4.79 Å². The predicted molar refractivity (Wildman–Crippen MR) is 90.0 cm³/mol. The summed E-state index contributed by atoms with van der Waals surface area (Å²) in [5.74, 6) is 1.08. The maximum Gasteiger partial charge on any atom is 0.226 e. The molecule has 1 aromatic carbocycles. The topological polar surface area (TPSA) is 58.4 Å². The number of aromatic nitrogens is 1. The molecule has 5 nitrogen and oxygen atoms in total. The van der Waals surface area contributed by atoms with Crippen molar-refractivity contribution < 1.29 is 9.21 Å². The van der Waals surface area contributed by atoms with Crippen molar-refractivity contribution in [2.75, 3.05) is 6.54 Å². The zero-order chi connectivity index (χ0) is 16.3. The number of oxazole rings is 1. The van der Waals surface area contributed by atoms with E-state index >= 15 is 0 Å². The third kappa shape index (κ3) is 2.25. The van der Waals surface area contributed by atoms with Gasteiger partial charge in [0.05, 0.1) is 6.04 Å². The van der Waals surface area contributed by atoms with Crippen LogP contribution in [0.25, 0.3) is 11.1 Å². The second kappa shape index (κ2) is 5.31. The second-order valence-electron chi connectivity index (χ2n) is 7.43. The molecule has 1 radical (unpaired) electrons. The Morgan fingerprint density at radius 3 is 2.96 bits per heavy atom. The highest BCUT2D eigenvalue weighted by atomic mass is 16.3. The Hall–Kier alpha value is -1.88. The van der Waals surface area contributed by atoms with Crippen molar-refractivity contribution in [1.29, 1.82) is 0 Å². The van der Waals surface area contributed by atoms with Crippen molar-refractivity contribution in [3.63, 3.8) is 0 Å². The SMILES string of the molecule is CC1CNC(C2[CH]C2)C(c2cccc3ncoc23)N1C(=O)C1CC1. The molecule has 125 valence electrons. The second-order valence-corrected chi connectivity index (χ2v) is 7.43. The Morgan fingerprint density at radius 2 is 2.21 bits per heavy atom. The number of benzene rings is 1. The smallest absolute Gasteiger partial charge is 0.226 e. The van der Waals surface area contributed by atoms with Crippen LogP contribution in [0, 0.1) is 18.3 Å². The Bertz CT molecular complexity index is 778. The number of nitrogens with zero attached hydrogens (tertiary/aromatic N) is 2. The van der Waals surface area contributed by atoms with Crippen LogP contribution in [-0.2, 0) is 4.79 Å². The van der Waals surface area contributed by atoms with Crippen molar-refractivity contribution in [2.24, 2.45) is 11.8 Å². The van der Waals surface area contributed by atoms with Gasteiger partial charge in [0.25, 0.3) is 0 Å². The summed E-state index contributed by atoms with van der Waals surface area (Å²) < 4.78 is 5.70. The molecule has 2 aliphatic carbocycles. The van der Waals surface area contributed by atoms with Crippen LogP contribution in [0.3, 0.4) is 0 Å². The first kappa shape index (κ1) is 14.5. The van der Waals surface area contributed by atoms with Gasteiger partial charge >= 0.3 is 0 Å². The average molecular weight is 324 g/mol. The molecule has 0 spiro atoms. The Labute approximate surface area is 141 Å². The van der Waals surface area contributed by atoms with Gasteiger partial charge in [-0.25, -0.2) is 4.98 Å². The molecule has 5 heteroatoms. The molecule has 0 bridgehead atoms. The summed E-state index contributed by atoms with van der Waals surface area (Å²) in [6.45, 7) is 3.00. The molecule has 3 fully saturated rings. The number of piperazine rings is 1. The summed E-state index contributed by atoms with van der Waals surface area (Å²) in [5, 5.41) is 3.69. The molecule has 3 aliphatic rings. The lowest BCUT2D eigenvalue weighted by molar-refractivity contribution is -0.140. The average Bonchev–Trinajstić information content (AvgIpc) is 3.50. The molecule has 1 aliphatic heterocycles. The van der Waals surface area contributed by atoms with Gasteiger partial charge in [0.1, 0.15) is 5.52 Å². The number of carbonyl (C=O) groups is 1. The highest BCUT2D eigenvalue weighted by molar-refractivity contribution is 5.83. The van der Waals surface area contributed by atoms with Gasteiger partial charge in [-0.3, -0.25) is 4.79 Å². The summed E-state index contributed by atoms with van der Waals surface area (Å²) >= 11 is 0. The molecule has 2 aromatic rings. The summed E-state index contributed by atoms with van der Waals surface area (Å²) in [6, 6.07) is 6.55. The zero-order valence-electron chi connectivity index (χ0n) is 13.8. The van der Waals surface area contributed by atoms with Gasteiger partial charge in [0.15, 0.2) is 12.0 Å². The fraction of sp³-hybridized carbons (Fsp3) is 0.526. The highest BCUT2D eigenvalue weighted by Gasteiger charge is 2.48. The van der Waals surface area contributed by atoms with Crippen molar-refractivity contribution in [3.8, 4) is 0 Å². The largest absolute Gasteiger partial charge is 0.443 e. The first-order chi connectivity index (χ1) is 11.7. The van der Waals surface area contributed by atoms with Crippen LogP contribution in [0.4, 0.5) is 0 Å². The van der Waals surface area contributed by atoms with E-state index in [0.717, 1.165) is 42.5 Å². The molecule has 2 heterocycles. The molecule has 2 saturated carbocycles. The standard InChI is InChI=1S/C19H22N3O2/c1-11-9-20-16(12-5-6-12)17(22(11)19(23)13-7-8-13)14-3-2-4-15-18(14)24-10-21-15/h2-5,10-13,16-17,20H,6-9H2,1H3. The lowest BCUT2D eigenvalue weighted by Crippen LogP contribution is -2.60. The van der Waals surface area contributed by atoms with Crippen LogP contribution in [0.15, 0.2) is 29.0 Å². The van der Waals surface area contributed by atoms with Crippen molar-refractivity contribution >= 4 is 17.0 Å². The molecule has 1 aromatic heterocycles. The normalized spacial score (nSPS) is 30.7. The Morgan fingerprint density at radius 1 is 1.38 bits per heavy atom. The number of para-hydroxylation sites is 1. The lowest BCUT2D eigenvalue weighted by Gasteiger charge is -2.46. The zero-order valence-corrected chi connectivity index (χ0v) is 13.8. The third-order valence-corrected chi connectivity index (χ3v) is 5.62. The molecule has 4 atom stereocenters. The van der Waals surface area contributed by atoms with Gasteiger partial charge in [-0.1, -0.05) is 12.1 Å². The third-order valence-electron chi connectivity index (χ3n) is 5.62. The van der Waals surface area contributed by atoms with Gasteiger partial charge in [-0.15, -0.1) is 0 Å². The minimum Gasteiger partial charge on any atom is -0.443 e. The molecule has 1 N–H and O–H groups in total. The minimum absolute atomic E-state index is 0.0160. The van der Waals surface area contributed by atoms with E-state index in [1.807, 2.05) is 12.1 Å². The first-order valence-electron chi connectivity index (χ1n) is 8.95. The number of amides is 1. The predicted octanol–water partition coefficient (Wildman–Crippen LogP) is 2.69. The van der Waals surface area contributed by atoms with Crippen LogP contribution < -0.4 is 5.32 Å². The number of rotatable bonds is 3. The number of nitrogens with one attached hydrogen (secondary N) is 1. The van der Waals surface area contributed by atoms with E-state index in [1.165, 1.54) is 6.39 Å². The van der Waals surface area contributed by atoms with Crippen molar-refractivity contribution in [3.05, 3.63) is 36.6 Å². The quantitative estimate of drug-likeness (QED) is 0.943. The van der Waals surface area contributed by atoms with E-state index < -0.39 is 0 Å². The Kier molecular flexibility index (Phi) is 3.20. The minimum atomic E-state index is 0.0160. The van der Waals surface area contributed by atoms with E-state index in [-0.39, 0.29) is 24.0 Å². The first-order valence-corrected chi connectivity index (χ1v) is 8.95. The molecule has 5 rings (SSSR count). The summed E-state index contributed by atoms with van der Waals surface area (Å²) in [4.78, 5) is 19.5. The van der Waals surface area contributed by atoms with E-state index in [2.05, 4.69) is 34.6 Å². The number of fused-ring (bicyclic) bond motifs is 1. The van der Waals surface area contributed by atoms with Gasteiger partial charge in [-0.05, 0) is 44.6 Å². The summed E-state index contributed by atoms with van der Waals surface area (Å²) in [6.07, 6.45) is 7.03. The van der Waals surface area contributed by atoms with Crippen molar-refractivity contribution in [2.45, 2.75) is 44.3 Å². The van der Waals surface area contributed by atoms with Gasteiger partial charge in [0.2, 0.25) is 5.91 Å². The van der Waals surface area contributed by atoms with Crippen LogP contribution >= 0.6 is 0 Å². The van der Waals surface area contributed by atoms with Gasteiger partial charge in [0, 0.05) is 30.1 Å². The molecule has 24 heavy (non-hydrogen) atoms. The van der Waals surface area contributed by atoms with Crippen LogP contribution in [-0.4, -0.2) is 34.4 Å². The van der Waals surface area contributed by atoms with Crippen LogP contribution in [0.1, 0.15) is 37.8 Å². The van der Waals surface area contributed by atoms with Crippen LogP contribution in [0.2, 0.25) is 0 Å². The van der Waals surface area contributed by atoms with E-state index in [0.29, 0.717) is 11.8 Å². The van der Waals surface area contributed by atoms with Gasteiger partial charge in [-0.2, -0.15) is 0 Å². The number of hydrogen-bond donors (Lipinski definition) is 1. The van der Waals surface area contributed by atoms with E-state index in [1.54, 1.807) is 0 Å². The summed E-state index contributed by atoms with van der Waals surface area (Å²) in [5.41, 5.74) is 2.77. The maximum atomic E-state index is 13.1. The highest BCUT2D eigenvalue weighted by Crippen LogP contribution is 2.45.